The summed E-state index contributed by atoms with van der Waals surface area (Å²) in [5.74, 6) is 0. The Hall–Kier alpha value is -0.940. The van der Waals surface area contributed by atoms with Gasteiger partial charge in [0.1, 0.15) is 0 Å². The summed E-state index contributed by atoms with van der Waals surface area (Å²) in [6.45, 7) is 3.77. The third-order valence-electron chi connectivity index (χ3n) is 3.92. The van der Waals surface area contributed by atoms with Crippen LogP contribution in [0.3, 0.4) is 0 Å². The fourth-order valence-corrected chi connectivity index (χ4v) is 2.53. The molecule has 0 radical (unpaired) electrons. The van der Waals surface area contributed by atoms with Gasteiger partial charge in [-0.2, -0.15) is 0 Å². The Morgan fingerprint density at radius 2 is 2.41 bits per heavy atom. The maximum Gasteiger partial charge on any atom is 0.0738 e. The van der Waals surface area contributed by atoms with Crippen molar-refractivity contribution in [1.82, 2.24) is 20.3 Å². The standard InChI is InChI=1S/C12H22N4O/c1-12(6-4-3-5-11(12)17)9-13-7-10-8-14-15-16(10)2/h8,11,13,17H,3-7,9H2,1-2H3. The average molecular weight is 238 g/mol. The van der Waals surface area contributed by atoms with Crippen molar-refractivity contribution in [3.05, 3.63) is 11.9 Å². The van der Waals surface area contributed by atoms with E-state index in [1.165, 1.54) is 6.42 Å². The van der Waals surface area contributed by atoms with Gasteiger partial charge in [-0.15, -0.1) is 5.10 Å². The monoisotopic (exact) mass is 238 g/mol. The number of aryl methyl sites for hydroxylation is 1. The second kappa shape index (κ2) is 5.14. The normalized spacial score (nSPS) is 29.5. The zero-order chi connectivity index (χ0) is 12.3. The molecule has 0 amide bonds. The van der Waals surface area contributed by atoms with E-state index in [4.69, 9.17) is 0 Å². The molecule has 5 heteroatoms. The van der Waals surface area contributed by atoms with Crippen molar-refractivity contribution in [1.29, 1.82) is 0 Å². The predicted molar refractivity (Wildman–Crippen MR) is 65.3 cm³/mol. The van der Waals surface area contributed by atoms with Crippen LogP contribution < -0.4 is 5.32 Å². The maximum absolute atomic E-state index is 10.1. The quantitative estimate of drug-likeness (QED) is 0.816. The van der Waals surface area contributed by atoms with E-state index in [2.05, 4.69) is 22.6 Å². The van der Waals surface area contributed by atoms with Gasteiger partial charge in [0, 0.05) is 25.6 Å². The number of nitrogens with zero attached hydrogens (tertiary/aromatic N) is 3. The summed E-state index contributed by atoms with van der Waals surface area (Å²) in [5.41, 5.74) is 1.09. The van der Waals surface area contributed by atoms with Crippen LogP contribution in [0.25, 0.3) is 0 Å². The molecule has 1 aliphatic carbocycles. The van der Waals surface area contributed by atoms with Crippen LogP contribution >= 0.6 is 0 Å². The zero-order valence-corrected chi connectivity index (χ0v) is 10.7. The largest absolute Gasteiger partial charge is 0.393 e. The molecule has 17 heavy (non-hydrogen) atoms. The van der Waals surface area contributed by atoms with E-state index in [9.17, 15) is 5.11 Å². The van der Waals surface area contributed by atoms with E-state index >= 15 is 0 Å². The van der Waals surface area contributed by atoms with Crippen molar-refractivity contribution in [2.24, 2.45) is 12.5 Å². The van der Waals surface area contributed by atoms with Crippen LogP contribution in [0.2, 0.25) is 0 Å². The molecule has 2 atom stereocenters. The van der Waals surface area contributed by atoms with Gasteiger partial charge in [0.25, 0.3) is 0 Å². The first-order valence-corrected chi connectivity index (χ1v) is 6.34. The summed E-state index contributed by atoms with van der Waals surface area (Å²) >= 11 is 0. The van der Waals surface area contributed by atoms with Crippen molar-refractivity contribution in [2.45, 2.75) is 45.3 Å². The highest BCUT2D eigenvalue weighted by molar-refractivity contribution is 4.94. The van der Waals surface area contributed by atoms with E-state index in [1.54, 1.807) is 10.9 Å². The molecule has 1 fully saturated rings. The molecule has 96 valence electrons. The Bertz CT molecular complexity index is 365. The molecule has 5 nitrogen and oxygen atoms in total. The molecule has 0 saturated heterocycles. The maximum atomic E-state index is 10.1. The SMILES string of the molecule is Cn1nncc1CNCC1(C)CCCCC1O. The summed E-state index contributed by atoms with van der Waals surface area (Å²) in [5, 5.41) is 21.2. The number of nitrogens with one attached hydrogen (secondary N) is 1. The fourth-order valence-electron chi connectivity index (χ4n) is 2.53. The molecule has 0 bridgehead atoms. The minimum absolute atomic E-state index is 0.0181. The van der Waals surface area contributed by atoms with Gasteiger partial charge in [-0.1, -0.05) is 25.0 Å². The van der Waals surface area contributed by atoms with E-state index in [1.807, 2.05) is 7.05 Å². The Kier molecular flexibility index (Phi) is 3.79. The molecule has 2 N–H and O–H groups in total. The van der Waals surface area contributed by atoms with Crippen LogP contribution in [-0.4, -0.2) is 32.7 Å². The average Bonchev–Trinajstić information content (AvgIpc) is 2.69. The van der Waals surface area contributed by atoms with Crippen molar-refractivity contribution >= 4 is 0 Å². The highest BCUT2D eigenvalue weighted by Gasteiger charge is 2.34. The summed E-state index contributed by atoms with van der Waals surface area (Å²) in [6, 6.07) is 0. The zero-order valence-electron chi connectivity index (χ0n) is 10.7. The van der Waals surface area contributed by atoms with Crippen LogP contribution in [-0.2, 0) is 13.6 Å². The van der Waals surface area contributed by atoms with Crippen LogP contribution in [0.15, 0.2) is 6.20 Å². The first kappa shape index (κ1) is 12.5. The van der Waals surface area contributed by atoms with Crippen LogP contribution in [0.1, 0.15) is 38.3 Å². The first-order chi connectivity index (χ1) is 8.12. The molecule has 1 aromatic rings. The van der Waals surface area contributed by atoms with Gasteiger partial charge in [0.15, 0.2) is 0 Å². The molecule has 0 aliphatic heterocycles. The second-order valence-electron chi connectivity index (χ2n) is 5.37. The lowest BCUT2D eigenvalue weighted by Crippen LogP contribution is -2.43. The minimum Gasteiger partial charge on any atom is -0.393 e. The van der Waals surface area contributed by atoms with Crippen molar-refractivity contribution < 1.29 is 5.11 Å². The second-order valence-corrected chi connectivity index (χ2v) is 5.37. The number of hydrogen-bond donors (Lipinski definition) is 2. The lowest BCUT2D eigenvalue weighted by atomic mass is 9.73. The van der Waals surface area contributed by atoms with Crippen molar-refractivity contribution in [2.75, 3.05) is 6.54 Å². The highest BCUT2D eigenvalue weighted by atomic mass is 16.3. The highest BCUT2D eigenvalue weighted by Crippen LogP contribution is 2.35. The molecule has 1 saturated carbocycles. The van der Waals surface area contributed by atoms with Gasteiger partial charge in [-0.25, -0.2) is 0 Å². The van der Waals surface area contributed by atoms with Crippen molar-refractivity contribution in [3.63, 3.8) is 0 Å². The lowest BCUT2D eigenvalue weighted by Gasteiger charge is -2.38. The lowest BCUT2D eigenvalue weighted by molar-refractivity contribution is 0.00107. The molecule has 0 spiro atoms. The van der Waals surface area contributed by atoms with E-state index < -0.39 is 0 Å². The molecule has 2 rings (SSSR count). The Labute approximate surface area is 102 Å². The number of aromatic nitrogens is 3. The van der Waals surface area contributed by atoms with Crippen molar-refractivity contribution in [3.8, 4) is 0 Å². The summed E-state index contributed by atoms with van der Waals surface area (Å²) in [6.07, 6.45) is 6.02. The smallest absolute Gasteiger partial charge is 0.0738 e. The van der Waals surface area contributed by atoms with Gasteiger partial charge < -0.3 is 10.4 Å². The Morgan fingerprint density at radius 1 is 1.59 bits per heavy atom. The molecule has 0 aromatic carbocycles. The minimum atomic E-state index is -0.173. The van der Waals surface area contributed by atoms with Crippen LogP contribution in [0.5, 0.6) is 0 Å². The molecule has 1 aliphatic rings. The topological polar surface area (TPSA) is 63.0 Å². The van der Waals surface area contributed by atoms with Crippen LogP contribution in [0.4, 0.5) is 0 Å². The van der Waals surface area contributed by atoms with Gasteiger partial charge in [-0.05, 0) is 12.8 Å². The summed E-state index contributed by atoms with van der Waals surface area (Å²) in [4.78, 5) is 0. The molecular formula is C12H22N4O. The first-order valence-electron chi connectivity index (χ1n) is 6.34. The molecule has 2 unspecified atom stereocenters. The number of hydrogen-bond acceptors (Lipinski definition) is 4. The molecule has 1 heterocycles. The molecule has 1 aromatic heterocycles. The van der Waals surface area contributed by atoms with Gasteiger partial charge in [-0.3, -0.25) is 4.68 Å². The van der Waals surface area contributed by atoms with Gasteiger partial charge in [0.2, 0.25) is 0 Å². The predicted octanol–water partition coefficient (Wildman–Crippen LogP) is 0.846. The number of rotatable bonds is 4. The summed E-state index contributed by atoms with van der Waals surface area (Å²) in [7, 11) is 1.89. The third-order valence-corrected chi connectivity index (χ3v) is 3.92. The Morgan fingerprint density at radius 3 is 3.06 bits per heavy atom. The van der Waals surface area contributed by atoms with Crippen LogP contribution in [0, 0.1) is 5.41 Å². The van der Waals surface area contributed by atoms with E-state index in [-0.39, 0.29) is 11.5 Å². The number of aliphatic hydroxyl groups excluding tert-OH is 1. The van der Waals surface area contributed by atoms with E-state index in [0.717, 1.165) is 38.0 Å². The Balaban J connectivity index is 1.83. The van der Waals surface area contributed by atoms with Gasteiger partial charge >= 0.3 is 0 Å². The summed E-state index contributed by atoms with van der Waals surface area (Å²) < 4.78 is 1.77. The molecular weight excluding hydrogens is 216 g/mol. The van der Waals surface area contributed by atoms with Gasteiger partial charge in [0.05, 0.1) is 18.0 Å². The fraction of sp³-hybridized carbons (Fsp3) is 0.833. The van der Waals surface area contributed by atoms with E-state index in [0.29, 0.717) is 0 Å². The number of aliphatic hydroxyl groups is 1. The third kappa shape index (κ3) is 2.84.